The minimum absolute atomic E-state index is 0.0204. The molecule has 0 aromatic heterocycles. The van der Waals surface area contributed by atoms with Gasteiger partial charge in [-0.2, -0.15) is 0 Å². The number of nitrogens with one attached hydrogen (secondary N) is 1. The van der Waals surface area contributed by atoms with Gasteiger partial charge in [0.1, 0.15) is 12.6 Å². The van der Waals surface area contributed by atoms with Gasteiger partial charge >= 0.3 is 0 Å². The van der Waals surface area contributed by atoms with Crippen molar-refractivity contribution in [3.63, 3.8) is 0 Å². The first-order valence-electron chi connectivity index (χ1n) is 9.84. The third-order valence-electron chi connectivity index (χ3n) is 5.13. The van der Waals surface area contributed by atoms with Crippen LogP contribution in [0.25, 0.3) is 0 Å². The van der Waals surface area contributed by atoms with Gasteiger partial charge in [-0.25, -0.2) is 8.42 Å². The van der Waals surface area contributed by atoms with E-state index in [0.29, 0.717) is 27.1 Å². The summed E-state index contributed by atoms with van der Waals surface area (Å²) in [6, 6.07) is 8.53. The van der Waals surface area contributed by atoms with E-state index >= 15 is 0 Å². The van der Waals surface area contributed by atoms with Crippen molar-refractivity contribution in [2.24, 2.45) is 0 Å². The Morgan fingerprint density at radius 3 is 2.36 bits per heavy atom. The fourth-order valence-corrected chi connectivity index (χ4v) is 4.66. The molecule has 1 aliphatic heterocycles. The number of carbonyl (C=O) groups is 2. The second kappa shape index (κ2) is 10.1. The van der Waals surface area contributed by atoms with Gasteiger partial charge in [0.15, 0.2) is 11.5 Å². The van der Waals surface area contributed by atoms with E-state index in [1.807, 2.05) is 0 Å². The van der Waals surface area contributed by atoms with E-state index in [4.69, 9.17) is 32.7 Å². The SMILES string of the molecule is CNC(=O)C(C)N(Cc1c(Cl)cccc1Cl)C(=O)CN(c1ccc2c(c1)OCO2)S(C)(=O)=O. The second-order valence-corrected chi connectivity index (χ2v) is 10.0. The predicted octanol–water partition coefficient (Wildman–Crippen LogP) is 2.65. The molecule has 0 saturated carbocycles. The van der Waals surface area contributed by atoms with E-state index in [0.717, 1.165) is 10.6 Å². The highest BCUT2D eigenvalue weighted by Gasteiger charge is 2.31. The number of hydrogen-bond acceptors (Lipinski definition) is 6. The summed E-state index contributed by atoms with van der Waals surface area (Å²) in [5, 5.41) is 3.14. The summed E-state index contributed by atoms with van der Waals surface area (Å²) < 4.78 is 36.7. The van der Waals surface area contributed by atoms with Crippen LogP contribution >= 0.6 is 23.2 Å². The number of sulfonamides is 1. The smallest absolute Gasteiger partial charge is 0.244 e. The molecule has 1 atom stereocenters. The number of benzene rings is 2. The molecule has 1 N–H and O–H groups in total. The van der Waals surface area contributed by atoms with Crippen molar-refractivity contribution in [3.05, 3.63) is 52.0 Å². The van der Waals surface area contributed by atoms with Crippen LogP contribution in [0.1, 0.15) is 12.5 Å². The molecule has 178 valence electrons. The third kappa shape index (κ3) is 5.63. The van der Waals surface area contributed by atoms with Gasteiger partial charge in [0.2, 0.25) is 28.6 Å². The van der Waals surface area contributed by atoms with E-state index < -0.39 is 34.4 Å². The van der Waals surface area contributed by atoms with Crippen LogP contribution in [0.15, 0.2) is 36.4 Å². The molecule has 0 fully saturated rings. The third-order valence-corrected chi connectivity index (χ3v) is 6.98. The van der Waals surface area contributed by atoms with Gasteiger partial charge < -0.3 is 19.7 Å². The van der Waals surface area contributed by atoms with Gasteiger partial charge in [-0.05, 0) is 31.2 Å². The highest BCUT2D eigenvalue weighted by molar-refractivity contribution is 7.92. The molecule has 2 amide bonds. The molecule has 2 aromatic rings. The van der Waals surface area contributed by atoms with Crippen LogP contribution < -0.4 is 19.1 Å². The molecule has 0 radical (unpaired) electrons. The van der Waals surface area contributed by atoms with Gasteiger partial charge in [0.25, 0.3) is 0 Å². The van der Waals surface area contributed by atoms with Crippen molar-refractivity contribution in [1.82, 2.24) is 10.2 Å². The van der Waals surface area contributed by atoms with E-state index in [1.165, 1.54) is 31.0 Å². The molecule has 1 heterocycles. The molecule has 12 heteroatoms. The monoisotopic (exact) mass is 515 g/mol. The Bertz CT molecular complexity index is 1150. The lowest BCUT2D eigenvalue weighted by Gasteiger charge is -2.31. The predicted molar refractivity (Wildman–Crippen MR) is 125 cm³/mol. The summed E-state index contributed by atoms with van der Waals surface area (Å²) in [5.41, 5.74) is 0.664. The van der Waals surface area contributed by atoms with E-state index in [1.54, 1.807) is 24.3 Å². The summed E-state index contributed by atoms with van der Waals surface area (Å²) in [6.07, 6.45) is 0.988. The molecular weight excluding hydrogens is 493 g/mol. The van der Waals surface area contributed by atoms with E-state index in [9.17, 15) is 18.0 Å². The van der Waals surface area contributed by atoms with E-state index in [2.05, 4.69) is 5.32 Å². The average molecular weight is 516 g/mol. The van der Waals surface area contributed by atoms with Crippen molar-refractivity contribution in [3.8, 4) is 11.5 Å². The molecule has 33 heavy (non-hydrogen) atoms. The highest BCUT2D eigenvalue weighted by atomic mass is 35.5. The molecule has 1 aliphatic rings. The maximum atomic E-state index is 13.4. The molecule has 0 spiro atoms. The van der Waals surface area contributed by atoms with Crippen molar-refractivity contribution in [2.45, 2.75) is 19.5 Å². The van der Waals surface area contributed by atoms with Crippen molar-refractivity contribution < 1.29 is 27.5 Å². The fourth-order valence-electron chi connectivity index (χ4n) is 3.30. The number of likely N-dealkylation sites (N-methyl/N-ethyl adjacent to an activating group) is 1. The maximum Gasteiger partial charge on any atom is 0.244 e. The Balaban J connectivity index is 1.95. The van der Waals surface area contributed by atoms with Gasteiger partial charge in [0.05, 0.1) is 11.9 Å². The van der Waals surface area contributed by atoms with Gasteiger partial charge in [-0.1, -0.05) is 29.3 Å². The second-order valence-electron chi connectivity index (χ2n) is 7.32. The number of fused-ring (bicyclic) bond motifs is 1. The average Bonchev–Trinajstić information content (AvgIpc) is 3.23. The summed E-state index contributed by atoms with van der Waals surface area (Å²) in [6.45, 7) is 0.909. The molecule has 2 aromatic carbocycles. The van der Waals surface area contributed by atoms with E-state index in [-0.39, 0.29) is 19.0 Å². The Kier molecular flexibility index (Phi) is 7.61. The molecular formula is C21H23Cl2N3O6S. The molecule has 9 nitrogen and oxygen atoms in total. The number of amides is 2. The van der Waals surface area contributed by atoms with Crippen LogP contribution in [-0.4, -0.2) is 57.8 Å². The number of anilines is 1. The van der Waals surface area contributed by atoms with Crippen LogP contribution in [-0.2, 0) is 26.2 Å². The number of ether oxygens (including phenoxy) is 2. The van der Waals surface area contributed by atoms with Crippen LogP contribution in [0.3, 0.4) is 0 Å². The fraction of sp³-hybridized carbons (Fsp3) is 0.333. The largest absolute Gasteiger partial charge is 0.454 e. The lowest BCUT2D eigenvalue weighted by molar-refractivity contribution is -0.139. The Morgan fingerprint density at radius 1 is 1.12 bits per heavy atom. The molecule has 1 unspecified atom stereocenters. The zero-order chi connectivity index (χ0) is 24.3. The van der Waals surface area contributed by atoms with Crippen molar-refractivity contribution in [2.75, 3.05) is 30.9 Å². The van der Waals surface area contributed by atoms with Crippen LogP contribution in [0.4, 0.5) is 5.69 Å². The Morgan fingerprint density at radius 2 is 1.76 bits per heavy atom. The van der Waals surface area contributed by atoms with Crippen LogP contribution in [0, 0.1) is 0 Å². The zero-order valence-electron chi connectivity index (χ0n) is 18.2. The number of hydrogen-bond donors (Lipinski definition) is 1. The molecule has 0 saturated heterocycles. The molecule has 0 aliphatic carbocycles. The van der Waals surface area contributed by atoms with Gasteiger partial charge in [-0.15, -0.1) is 0 Å². The Hall–Kier alpha value is -2.69. The molecule has 0 bridgehead atoms. The van der Waals surface area contributed by atoms with Crippen molar-refractivity contribution >= 4 is 50.7 Å². The molecule has 3 rings (SSSR count). The number of nitrogens with zero attached hydrogens (tertiary/aromatic N) is 2. The summed E-state index contributed by atoms with van der Waals surface area (Å²) >= 11 is 12.5. The topological polar surface area (TPSA) is 105 Å². The zero-order valence-corrected chi connectivity index (χ0v) is 20.5. The summed E-state index contributed by atoms with van der Waals surface area (Å²) in [7, 11) is -2.42. The summed E-state index contributed by atoms with van der Waals surface area (Å²) in [4.78, 5) is 27.0. The number of halogens is 2. The van der Waals surface area contributed by atoms with Crippen molar-refractivity contribution in [1.29, 1.82) is 0 Å². The van der Waals surface area contributed by atoms with Crippen LogP contribution in [0.2, 0.25) is 10.0 Å². The number of rotatable bonds is 8. The minimum atomic E-state index is -3.87. The first-order valence-corrected chi connectivity index (χ1v) is 12.4. The van der Waals surface area contributed by atoms with Gasteiger partial charge in [0, 0.05) is 35.3 Å². The minimum Gasteiger partial charge on any atom is -0.454 e. The van der Waals surface area contributed by atoms with Crippen LogP contribution in [0.5, 0.6) is 11.5 Å². The summed E-state index contributed by atoms with van der Waals surface area (Å²) in [5.74, 6) is -0.209. The lowest BCUT2D eigenvalue weighted by Crippen LogP contribution is -2.50. The first-order chi connectivity index (χ1) is 15.5. The lowest BCUT2D eigenvalue weighted by atomic mass is 10.1. The quantitative estimate of drug-likeness (QED) is 0.579. The Labute approximate surface area is 202 Å². The normalized spacial score (nSPS) is 13.4. The standard InChI is InChI=1S/C21H23Cl2N3O6S/c1-13(21(28)24-2)25(10-15-16(22)5-4-6-17(15)23)20(27)11-26(33(3,29)30)14-7-8-18-19(9-14)32-12-31-18/h4-9,13H,10-12H2,1-3H3,(H,24,28). The number of carbonyl (C=O) groups excluding carboxylic acids is 2. The first kappa shape index (κ1) is 24.9. The van der Waals surface area contributed by atoms with Gasteiger partial charge in [-0.3, -0.25) is 13.9 Å². The highest BCUT2D eigenvalue weighted by Crippen LogP contribution is 2.36. The maximum absolute atomic E-state index is 13.4.